The Balaban J connectivity index is 1.11. The van der Waals surface area contributed by atoms with Gasteiger partial charge in [-0.05, 0) is 63.7 Å². The Kier molecular flexibility index (Phi) is 4.54. The largest absolute Gasteiger partial charge is 0.450 e. The fourth-order valence-corrected chi connectivity index (χ4v) is 5.88. The molecule has 0 saturated heterocycles. The molecule has 0 atom stereocenters. The van der Waals surface area contributed by atoms with Gasteiger partial charge in [0.25, 0.3) is 0 Å². The van der Waals surface area contributed by atoms with Gasteiger partial charge < -0.3 is 9.47 Å². The first kappa shape index (κ1) is 22.1. The maximum absolute atomic E-state index is 6.44. The van der Waals surface area contributed by atoms with Crippen molar-refractivity contribution in [2.24, 2.45) is 0 Å². The van der Waals surface area contributed by atoms with Crippen molar-refractivity contribution >= 4 is 10.9 Å². The zero-order valence-corrected chi connectivity index (χ0v) is 21.6. The molecule has 186 valence electrons. The van der Waals surface area contributed by atoms with Gasteiger partial charge in [0.15, 0.2) is 28.8 Å². The van der Waals surface area contributed by atoms with Crippen LogP contribution in [0.2, 0.25) is 0 Å². The molecular formula is C35H24N2O2. The molecule has 2 heterocycles. The molecule has 0 unspecified atom stereocenters. The number of hydrogen-bond acceptors (Lipinski definition) is 4. The van der Waals surface area contributed by atoms with E-state index in [0.717, 1.165) is 50.7 Å². The zero-order valence-electron chi connectivity index (χ0n) is 21.6. The van der Waals surface area contributed by atoms with Gasteiger partial charge in [0, 0.05) is 22.6 Å². The van der Waals surface area contributed by atoms with Gasteiger partial charge in [-0.25, -0.2) is 9.97 Å². The molecule has 2 aliphatic rings. The average Bonchev–Trinajstić information content (AvgIpc) is 3.20. The number of aromatic nitrogens is 2. The van der Waals surface area contributed by atoms with Gasteiger partial charge in [-0.2, -0.15) is 0 Å². The summed E-state index contributed by atoms with van der Waals surface area (Å²) < 4.78 is 12.8. The van der Waals surface area contributed by atoms with Crippen molar-refractivity contribution in [2.75, 3.05) is 0 Å². The second kappa shape index (κ2) is 8.02. The lowest BCUT2D eigenvalue weighted by atomic mass is 9.82. The van der Waals surface area contributed by atoms with Gasteiger partial charge in [0.2, 0.25) is 0 Å². The highest BCUT2D eigenvalue weighted by molar-refractivity contribution is 5.84. The van der Waals surface area contributed by atoms with Crippen LogP contribution in [0.5, 0.6) is 23.0 Å². The Morgan fingerprint density at radius 3 is 2.15 bits per heavy atom. The number of nitrogens with zero attached hydrogens (tertiary/aromatic N) is 2. The average molecular weight is 505 g/mol. The Morgan fingerprint density at radius 1 is 0.564 bits per heavy atom. The summed E-state index contributed by atoms with van der Waals surface area (Å²) in [5.74, 6) is 3.66. The summed E-state index contributed by atoms with van der Waals surface area (Å²) in [6.07, 6.45) is 1.87. The molecular weight excluding hydrogens is 480 g/mol. The number of benzene rings is 5. The van der Waals surface area contributed by atoms with Gasteiger partial charge in [-0.1, -0.05) is 86.6 Å². The fraction of sp³-hybridized carbons (Fsp3) is 0.0857. The number of ether oxygens (including phenoxy) is 2. The lowest BCUT2D eigenvalue weighted by Gasteiger charge is -2.25. The molecule has 0 fully saturated rings. The SMILES string of the molecule is CC1(C)c2ccccc2-c2cc3c(cc21)Oc1ccc(-c2ccc(-c4ncc5ccccc5n4)cc2)cc1O3. The number of rotatable bonds is 2. The number of fused-ring (bicyclic) bond motifs is 6. The van der Waals surface area contributed by atoms with Crippen LogP contribution in [-0.2, 0) is 5.41 Å². The predicted molar refractivity (Wildman–Crippen MR) is 155 cm³/mol. The van der Waals surface area contributed by atoms with Crippen LogP contribution in [0.4, 0.5) is 0 Å². The molecule has 8 rings (SSSR count). The van der Waals surface area contributed by atoms with E-state index in [0.29, 0.717) is 5.75 Å². The topological polar surface area (TPSA) is 44.2 Å². The molecule has 0 amide bonds. The van der Waals surface area contributed by atoms with E-state index in [4.69, 9.17) is 14.5 Å². The van der Waals surface area contributed by atoms with Crippen LogP contribution < -0.4 is 9.47 Å². The maximum Gasteiger partial charge on any atom is 0.170 e. The molecule has 0 saturated carbocycles. The van der Waals surface area contributed by atoms with Crippen LogP contribution in [0.25, 0.3) is 44.5 Å². The maximum atomic E-state index is 6.44. The van der Waals surface area contributed by atoms with Crippen LogP contribution in [0, 0.1) is 0 Å². The third-order valence-electron chi connectivity index (χ3n) is 8.00. The summed E-state index contributed by atoms with van der Waals surface area (Å²) in [5, 5.41) is 1.04. The van der Waals surface area contributed by atoms with E-state index in [-0.39, 0.29) is 5.41 Å². The van der Waals surface area contributed by atoms with Crippen LogP contribution in [0.15, 0.2) is 109 Å². The fourth-order valence-electron chi connectivity index (χ4n) is 5.88. The second-order valence-electron chi connectivity index (χ2n) is 10.7. The monoisotopic (exact) mass is 504 g/mol. The number of hydrogen-bond donors (Lipinski definition) is 0. The zero-order chi connectivity index (χ0) is 26.1. The van der Waals surface area contributed by atoms with E-state index in [1.54, 1.807) is 0 Å². The molecule has 0 N–H and O–H groups in total. The van der Waals surface area contributed by atoms with Crippen LogP contribution >= 0.6 is 0 Å². The standard InChI is InChI=1S/C35H24N2O2/c1-35(2)27-9-5-4-8-25(27)26-18-32-33(19-28(26)35)38-30-16-15-23(17-31(30)39-32)21-11-13-22(14-12-21)34-36-20-24-7-3-6-10-29(24)37-34/h3-20H,1-2H3. The van der Waals surface area contributed by atoms with Gasteiger partial charge in [-0.15, -0.1) is 0 Å². The summed E-state index contributed by atoms with van der Waals surface area (Å²) in [5.41, 5.74) is 9.05. The third kappa shape index (κ3) is 3.38. The van der Waals surface area contributed by atoms with Crippen molar-refractivity contribution in [3.8, 4) is 56.6 Å². The van der Waals surface area contributed by atoms with Crippen LogP contribution in [-0.4, -0.2) is 9.97 Å². The summed E-state index contributed by atoms with van der Waals surface area (Å²) in [6.45, 7) is 4.54. The number of para-hydroxylation sites is 1. The lowest BCUT2D eigenvalue weighted by molar-refractivity contribution is 0.359. The molecule has 5 aromatic carbocycles. The normalized spacial score (nSPS) is 14.0. The van der Waals surface area contributed by atoms with Gasteiger partial charge in [0.05, 0.1) is 5.52 Å². The third-order valence-corrected chi connectivity index (χ3v) is 8.00. The van der Waals surface area contributed by atoms with E-state index in [9.17, 15) is 0 Å². The van der Waals surface area contributed by atoms with Crippen molar-refractivity contribution in [3.63, 3.8) is 0 Å². The molecule has 39 heavy (non-hydrogen) atoms. The molecule has 1 aliphatic heterocycles. The summed E-state index contributed by atoms with van der Waals surface area (Å²) in [6, 6.07) is 35.3. The highest BCUT2D eigenvalue weighted by atomic mass is 16.6. The summed E-state index contributed by atoms with van der Waals surface area (Å²) in [7, 11) is 0. The van der Waals surface area contributed by atoms with Crippen molar-refractivity contribution in [1.29, 1.82) is 0 Å². The van der Waals surface area contributed by atoms with Gasteiger partial charge in [0.1, 0.15) is 0 Å². The summed E-state index contributed by atoms with van der Waals surface area (Å²) >= 11 is 0. The Hall–Kier alpha value is -4.96. The Bertz CT molecular complexity index is 1940. The first-order valence-electron chi connectivity index (χ1n) is 13.2. The molecule has 0 radical (unpaired) electrons. The van der Waals surface area contributed by atoms with Crippen molar-refractivity contribution in [3.05, 3.63) is 120 Å². The predicted octanol–water partition coefficient (Wildman–Crippen LogP) is 9.17. The van der Waals surface area contributed by atoms with Crippen molar-refractivity contribution in [2.45, 2.75) is 19.3 Å². The molecule has 6 aromatic rings. The lowest BCUT2D eigenvalue weighted by Crippen LogP contribution is -2.15. The highest BCUT2D eigenvalue weighted by Gasteiger charge is 2.37. The molecule has 4 nitrogen and oxygen atoms in total. The minimum Gasteiger partial charge on any atom is -0.450 e. The van der Waals surface area contributed by atoms with Gasteiger partial charge in [-0.3, -0.25) is 0 Å². The molecule has 1 aromatic heterocycles. The molecule has 4 heteroatoms. The molecule has 1 aliphatic carbocycles. The smallest absolute Gasteiger partial charge is 0.170 e. The van der Waals surface area contributed by atoms with E-state index in [2.05, 4.69) is 85.6 Å². The van der Waals surface area contributed by atoms with E-state index >= 15 is 0 Å². The van der Waals surface area contributed by atoms with E-state index in [1.807, 2.05) is 42.6 Å². The second-order valence-corrected chi connectivity index (χ2v) is 10.7. The Labute approximate surface area is 226 Å². The van der Waals surface area contributed by atoms with E-state index < -0.39 is 0 Å². The minimum atomic E-state index is -0.0848. The summed E-state index contributed by atoms with van der Waals surface area (Å²) in [4.78, 5) is 9.29. The van der Waals surface area contributed by atoms with Crippen molar-refractivity contribution < 1.29 is 9.47 Å². The van der Waals surface area contributed by atoms with Crippen LogP contribution in [0.3, 0.4) is 0 Å². The molecule has 0 bridgehead atoms. The highest BCUT2D eigenvalue weighted by Crippen LogP contribution is 2.55. The first-order valence-corrected chi connectivity index (χ1v) is 13.2. The first-order chi connectivity index (χ1) is 19.0. The quantitative estimate of drug-likeness (QED) is 0.235. The molecule has 0 spiro atoms. The minimum absolute atomic E-state index is 0.0848. The van der Waals surface area contributed by atoms with Crippen molar-refractivity contribution in [1.82, 2.24) is 9.97 Å². The van der Waals surface area contributed by atoms with E-state index in [1.165, 1.54) is 22.3 Å². The Morgan fingerprint density at radius 2 is 1.26 bits per heavy atom. The van der Waals surface area contributed by atoms with Gasteiger partial charge >= 0.3 is 0 Å². The van der Waals surface area contributed by atoms with Crippen LogP contribution in [0.1, 0.15) is 25.0 Å².